The molecule has 2 rings (SSSR count). The van der Waals surface area contributed by atoms with E-state index in [0.29, 0.717) is 6.04 Å². The van der Waals surface area contributed by atoms with Crippen molar-refractivity contribution in [1.82, 2.24) is 5.32 Å². The molecule has 1 aliphatic rings. The molecular formula is C15H23N. The second kappa shape index (κ2) is 4.58. The Morgan fingerprint density at radius 3 is 2.75 bits per heavy atom. The van der Waals surface area contributed by atoms with Gasteiger partial charge in [-0.3, -0.25) is 0 Å². The molecule has 0 fully saturated rings. The standard InChI is InChI=1S/C15H23N/c1-5-6-16-15-12(4)9-13-11(3)7-10(2)8-14(13)15/h7-8,12,15-16H,5-6,9H2,1-4H3. The average molecular weight is 217 g/mol. The third kappa shape index (κ3) is 2.01. The molecule has 0 bridgehead atoms. The first kappa shape index (κ1) is 11.7. The van der Waals surface area contributed by atoms with Crippen LogP contribution in [0, 0.1) is 19.8 Å². The van der Waals surface area contributed by atoms with Crippen LogP contribution in [0.3, 0.4) is 0 Å². The van der Waals surface area contributed by atoms with Gasteiger partial charge in [-0.25, -0.2) is 0 Å². The zero-order valence-electron chi connectivity index (χ0n) is 10.9. The Kier molecular flexibility index (Phi) is 3.34. The number of hydrogen-bond acceptors (Lipinski definition) is 1. The first-order valence-electron chi connectivity index (χ1n) is 6.47. The van der Waals surface area contributed by atoms with Crippen LogP contribution in [0.15, 0.2) is 12.1 Å². The molecular weight excluding hydrogens is 194 g/mol. The molecule has 0 aliphatic heterocycles. The van der Waals surface area contributed by atoms with Gasteiger partial charge in [0.15, 0.2) is 0 Å². The van der Waals surface area contributed by atoms with Crippen molar-refractivity contribution in [1.29, 1.82) is 0 Å². The predicted molar refractivity (Wildman–Crippen MR) is 69.8 cm³/mol. The van der Waals surface area contributed by atoms with Crippen molar-refractivity contribution in [3.05, 3.63) is 34.4 Å². The van der Waals surface area contributed by atoms with Gasteiger partial charge < -0.3 is 5.32 Å². The van der Waals surface area contributed by atoms with E-state index in [0.717, 1.165) is 12.5 Å². The lowest BCUT2D eigenvalue weighted by Gasteiger charge is -2.18. The third-order valence-electron chi connectivity index (χ3n) is 3.70. The average Bonchev–Trinajstić information content (AvgIpc) is 2.53. The summed E-state index contributed by atoms with van der Waals surface area (Å²) in [5, 5.41) is 3.69. The first-order chi connectivity index (χ1) is 7.63. The molecule has 88 valence electrons. The summed E-state index contributed by atoms with van der Waals surface area (Å²) in [6.45, 7) is 10.2. The van der Waals surface area contributed by atoms with Gasteiger partial charge in [-0.2, -0.15) is 0 Å². The highest BCUT2D eigenvalue weighted by molar-refractivity contribution is 5.44. The van der Waals surface area contributed by atoms with E-state index in [-0.39, 0.29) is 0 Å². The topological polar surface area (TPSA) is 12.0 Å². The summed E-state index contributed by atoms with van der Waals surface area (Å²) in [7, 11) is 0. The van der Waals surface area contributed by atoms with Crippen molar-refractivity contribution >= 4 is 0 Å². The molecule has 16 heavy (non-hydrogen) atoms. The van der Waals surface area contributed by atoms with Gasteiger partial charge in [0.2, 0.25) is 0 Å². The Morgan fingerprint density at radius 1 is 1.31 bits per heavy atom. The van der Waals surface area contributed by atoms with E-state index in [1.807, 2.05) is 0 Å². The van der Waals surface area contributed by atoms with E-state index in [9.17, 15) is 0 Å². The molecule has 0 spiro atoms. The van der Waals surface area contributed by atoms with Crippen molar-refractivity contribution in [3.63, 3.8) is 0 Å². The molecule has 0 aromatic heterocycles. The number of fused-ring (bicyclic) bond motifs is 1. The Balaban J connectivity index is 2.32. The van der Waals surface area contributed by atoms with Crippen LogP contribution >= 0.6 is 0 Å². The number of nitrogens with one attached hydrogen (secondary N) is 1. The second-order valence-electron chi connectivity index (χ2n) is 5.26. The fourth-order valence-corrected chi connectivity index (χ4v) is 2.94. The number of rotatable bonds is 3. The van der Waals surface area contributed by atoms with Crippen LogP contribution in [0.5, 0.6) is 0 Å². The fraction of sp³-hybridized carbons (Fsp3) is 0.600. The highest BCUT2D eigenvalue weighted by atomic mass is 14.9. The lowest BCUT2D eigenvalue weighted by molar-refractivity contribution is 0.417. The van der Waals surface area contributed by atoms with Crippen LogP contribution in [0.2, 0.25) is 0 Å². The van der Waals surface area contributed by atoms with Gasteiger partial charge in [0.25, 0.3) is 0 Å². The van der Waals surface area contributed by atoms with E-state index in [1.165, 1.54) is 24.0 Å². The molecule has 0 saturated heterocycles. The summed E-state index contributed by atoms with van der Waals surface area (Å²) in [4.78, 5) is 0. The highest BCUT2D eigenvalue weighted by Crippen LogP contribution is 2.38. The minimum atomic E-state index is 0.577. The number of benzene rings is 1. The molecule has 0 heterocycles. The number of aryl methyl sites for hydroxylation is 2. The van der Waals surface area contributed by atoms with Gasteiger partial charge >= 0.3 is 0 Å². The molecule has 1 aromatic carbocycles. The summed E-state index contributed by atoms with van der Waals surface area (Å²) >= 11 is 0. The first-order valence-corrected chi connectivity index (χ1v) is 6.47. The van der Waals surface area contributed by atoms with Gasteiger partial charge in [0.05, 0.1) is 0 Å². The smallest absolute Gasteiger partial charge is 0.0352 e. The largest absolute Gasteiger partial charge is 0.310 e. The van der Waals surface area contributed by atoms with E-state index in [2.05, 4.69) is 45.1 Å². The van der Waals surface area contributed by atoms with Crippen LogP contribution in [0.4, 0.5) is 0 Å². The van der Waals surface area contributed by atoms with Gasteiger partial charge in [-0.15, -0.1) is 0 Å². The SMILES string of the molecule is CCCNC1c2cc(C)cc(C)c2CC1C. The Hall–Kier alpha value is -0.820. The summed E-state index contributed by atoms with van der Waals surface area (Å²) in [6.07, 6.45) is 2.45. The Morgan fingerprint density at radius 2 is 2.06 bits per heavy atom. The molecule has 1 heteroatoms. The zero-order chi connectivity index (χ0) is 11.7. The van der Waals surface area contributed by atoms with Crippen LogP contribution in [-0.2, 0) is 6.42 Å². The van der Waals surface area contributed by atoms with Crippen molar-refractivity contribution in [2.75, 3.05) is 6.54 Å². The quantitative estimate of drug-likeness (QED) is 0.816. The van der Waals surface area contributed by atoms with Gasteiger partial charge in [-0.05, 0) is 55.8 Å². The summed E-state index contributed by atoms with van der Waals surface area (Å²) in [6, 6.07) is 5.26. The molecule has 1 nitrogen and oxygen atoms in total. The monoisotopic (exact) mass is 217 g/mol. The summed E-state index contributed by atoms with van der Waals surface area (Å²) in [5.41, 5.74) is 6.02. The minimum absolute atomic E-state index is 0.577. The minimum Gasteiger partial charge on any atom is -0.310 e. The number of hydrogen-bond donors (Lipinski definition) is 1. The maximum absolute atomic E-state index is 3.69. The molecule has 2 atom stereocenters. The van der Waals surface area contributed by atoms with Crippen molar-refractivity contribution in [3.8, 4) is 0 Å². The molecule has 1 aromatic rings. The maximum Gasteiger partial charge on any atom is 0.0352 e. The third-order valence-corrected chi connectivity index (χ3v) is 3.70. The van der Waals surface area contributed by atoms with Crippen molar-refractivity contribution in [2.45, 2.75) is 46.6 Å². The zero-order valence-corrected chi connectivity index (χ0v) is 10.9. The van der Waals surface area contributed by atoms with E-state index >= 15 is 0 Å². The van der Waals surface area contributed by atoms with Gasteiger partial charge in [0, 0.05) is 6.04 Å². The van der Waals surface area contributed by atoms with Crippen LogP contribution in [0.25, 0.3) is 0 Å². The van der Waals surface area contributed by atoms with E-state index in [4.69, 9.17) is 0 Å². The van der Waals surface area contributed by atoms with Crippen LogP contribution < -0.4 is 5.32 Å². The molecule has 2 unspecified atom stereocenters. The summed E-state index contributed by atoms with van der Waals surface area (Å²) < 4.78 is 0. The molecule has 0 amide bonds. The molecule has 0 radical (unpaired) electrons. The van der Waals surface area contributed by atoms with Gasteiger partial charge in [-0.1, -0.05) is 31.5 Å². The second-order valence-corrected chi connectivity index (χ2v) is 5.26. The highest BCUT2D eigenvalue weighted by Gasteiger charge is 2.29. The summed E-state index contributed by atoms with van der Waals surface area (Å²) in [5.74, 6) is 0.738. The normalized spacial score (nSPS) is 23.5. The molecule has 0 saturated carbocycles. The van der Waals surface area contributed by atoms with Crippen molar-refractivity contribution < 1.29 is 0 Å². The molecule has 1 N–H and O–H groups in total. The lowest BCUT2D eigenvalue weighted by atomic mass is 9.99. The lowest BCUT2D eigenvalue weighted by Crippen LogP contribution is -2.24. The van der Waals surface area contributed by atoms with Crippen LogP contribution in [-0.4, -0.2) is 6.54 Å². The molecule has 1 aliphatic carbocycles. The predicted octanol–water partition coefficient (Wildman–Crippen LogP) is 3.54. The fourth-order valence-electron chi connectivity index (χ4n) is 2.94. The van der Waals surface area contributed by atoms with Gasteiger partial charge in [0.1, 0.15) is 0 Å². The van der Waals surface area contributed by atoms with E-state index in [1.54, 1.807) is 11.1 Å². The van der Waals surface area contributed by atoms with E-state index < -0.39 is 0 Å². The Labute approximate surface area is 99.3 Å². The van der Waals surface area contributed by atoms with Crippen LogP contribution in [0.1, 0.15) is 48.6 Å². The maximum atomic E-state index is 3.69. The Bertz CT molecular complexity index is 381. The van der Waals surface area contributed by atoms with Crippen molar-refractivity contribution in [2.24, 2.45) is 5.92 Å².